The third-order valence-corrected chi connectivity index (χ3v) is 5.76. The monoisotopic (exact) mass is 441 g/mol. The van der Waals surface area contributed by atoms with Gasteiger partial charge in [0.05, 0.1) is 30.7 Å². The molecule has 0 spiro atoms. The van der Waals surface area contributed by atoms with Gasteiger partial charge in [-0.15, -0.1) is 0 Å². The third-order valence-electron chi connectivity index (χ3n) is 5.76. The Morgan fingerprint density at radius 1 is 0.939 bits per heavy atom. The van der Waals surface area contributed by atoms with Crippen LogP contribution >= 0.6 is 0 Å². The summed E-state index contributed by atoms with van der Waals surface area (Å²) in [5.41, 5.74) is 1.88. The molecule has 6 nitrogen and oxygen atoms in total. The van der Waals surface area contributed by atoms with Gasteiger partial charge in [0.1, 0.15) is 17.1 Å². The van der Waals surface area contributed by atoms with Crippen LogP contribution in [0.1, 0.15) is 41.1 Å². The van der Waals surface area contributed by atoms with Crippen molar-refractivity contribution in [2.75, 3.05) is 18.6 Å². The molecule has 2 heterocycles. The lowest BCUT2D eigenvalue weighted by atomic mass is 9.98. The number of methoxy groups -OCH3 is 1. The van der Waals surface area contributed by atoms with Gasteiger partial charge in [-0.2, -0.15) is 0 Å². The van der Waals surface area contributed by atoms with Gasteiger partial charge in [0.2, 0.25) is 5.76 Å². The first kappa shape index (κ1) is 20.8. The maximum atomic E-state index is 13.7. The molecule has 0 saturated heterocycles. The number of para-hydroxylation sites is 1. The predicted octanol–water partition coefficient (Wildman–Crippen LogP) is 5.34. The quantitative estimate of drug-likeness (QED) is 0.404. The molecule has 0 fully saturated rings. The maximum Gasteiger partial charge on any atom is 0.295 e. The van der Waals surface area contributed by atoms with E-state index < -0.39 is 6.04 Å². The van der Waals surface area contributed by atoms with Crippen LogP contribution in [0.2, 0.25) is 0 Å². The van der Waals surface area contributed by atoms with Gasteiger partial charge < -0.3 is 13.9 Å². The van der Waals surface area contributed by atoms with Crippen LogP contribution < -0.4 is 19.8 Å². The molecule has 1 aromatic heterocycles. The van der Waals surface area contributed by atoms with Gasteiger partial charge in [0.25, 0.3) is 5.91 Å². The molecular formula is C27H23NO5. The number of ether oxygens (including phenoxy) is 2. The molecule has 1 aliphatic heterocycles. The second-order valence-electron chi connectivity index (χ2n) is 7.87. The zero-order valence-electron chi connectivity index (χ0n) is 18.4. The number of carbonyl (C=O) groups is 1. The summed E-state index contributed by atoms with van der Waals surface area (Å²) in [6.07, 6.45) is 0.875. The van der Waals surface area contributed by atoms with Gasteiger partial charge in [0, 0.05) is 11.8 Å². The average Bonchev–Trinajstić information content (AvgIpc) is 3.15. The van der Waals surface area contributed by atoms with Crippen molar-refractivity contribution in [2.45, 2.75) is 19.4 Å². The molecule has 1 aliphatic rings. The van der Waals surface area contributed by atoms with Crippen molar-refractivity contribution in [1.29, 1.82) is 0 Å². The Balaban J connectivity index is 1.75. The molecule has 0 aliphatic carbocycles. The summed E-state index contributed by atoms with van der Waals surface area (Å²) < 4.78 is 17.2. The van der Waals surface area contributed by atoms with E-state index in [9.17, 15) is 9.59 Å². The van der Waals surface area contributed by atoms with Crippen LogP contribution in [0, 0.1) is 0 Å². The van der Waals surface area contributed by atoms with E-state index in [0.717, 1.165) is 12.0 Å². The van der Waals surface area contributed by atoms with Crippen molar-refractivity contribution in [1.82, 2.24) is 0 Å². The second-order valence-corrected chi connectivity index (χ2v) is 7.87. The van der Waals surface area contributed by atoms with E-state index in [2.05, 4.69) is 0 Å². The number of hydrogen-bond acceptors (Lipinski definition) is 5. The highest BCUT2D eigenvalue weighted by Gasteiger charge is 2.43. The van der Waals surface area contributed by atoms with Gasteiger partial charge in [-0.05, 0) is 48.4 Å². The van der Waals surface area contributed by atoms with E-state index >= 15 is 0 Å². The molecule has 6 heteroatoms. The van der Waals surface area contributed by atoms with Crippen molar-refractivity contribution in [3.63, 3.8) is 0 Å². The summed E-state index contributed by atoms with van der Waals surface area (Å²) in [5, 5.41) is 0.444. The Hall–Kier alpha value is -4.06. The van der Waals surface area contributed by atoms with E-state index in [1.807, 2.05) is 49.4 Å². The molecule has 0 N–H and O–H groups in total. The summed E-state index contributed by atoms with van der Waals surface area (Å²) in [6, 6.07) is 21.1. The highest BCUT2D eigenvalue weighted by Crippen LogP contribution is 2.42. The van der Waals surface area contributed by atoms with Crippen molar-refractivity contribution >= 4 is 22.6 Å². The molecule has 1 atom stereocenters. The summed E-state index contributed by atoms with van der Waals surface area (Å²) in [7, 11) is 1.57. The molecule has 4 aromatic rings. The number of fused-ring (bicyclic) bond motifs is 2. The minimum absolute atomic E-state index is 0.0615. The highest BCUT2D eigenvalue weighted by molar-refractivity contribution is 6.10. The standard InChI is InChI=1S/C27H23NO5/c1-3-14-32-20-11-6-8-17(15-20)24-23-25(29)21-12-4-5-13-22(21)33-26(23)27(30)28(24)18-9-7-10-19(16-18)31-2/h4-13,15-16,24H,3,14H2,1-2H3. The van der Waals surface area contributed by atoms with Crippen LogP contribution in [0.4, 0.5) is 5.69 Å². The molecule has 3 aromatic carbocycles. The maximum absolute atomic E-state index is 13.7. The summed E-state index contributed by atoms with van der Waals surface area (Å²) in [6.45, 7) is 2.62. The molecule has 0 radical (unpaired) electrons. The van der Waals surface area contributed by atoms with Crippen LogP contribution in [0.5, 0.6) is 11.5 Å². The molecule has 1 amide bonds. The molecular weight excluding hydrogens is 418 g/mol. The second kappa shape index (κ2) is 8.47. The van der Waals surface area contributed by atoms with Gasteiger partial charge >= 0.3 is 0 Å². The van der Waals surface area contributed by atoms with Gasteiger partial charge in [-0.3, -0.25) is 14.5 Å². The fraction of sp³-hybridized carbons (Fsp3) is 0.185. The first-order chi connectivity index (χ1) is 16.1. The van der Waals surface area contributed by atoms with Crippen LogP contribution in [0.25, 0.3) is 11.0 Å². The molecule has 0 bridgehead atoms. The van der Waals surface area contributed by atoms with E-state index in [-0.39, 0.29) is 17.1 Å². The number of rotatable bonds is 6. The Kier molecular flexibility index (Phi) is 5.34. The predicted molar refractivity (Wildman–Crippen MR) is 126 cm³/mol. The topological polar surface area (TPSA) is 69.0 Å². The summed E-state index contributed by atoms with van der Waals surface area (Å²) in [4.78, 5) is 28.9. The number of nitrogens with zero attached hydrogens (tertiary/aromatic N) is 1. The average molecular weight is 441 g/mol. The fourth-order valence-corrected chi connectivity index (χ4v) is 4.26. The van der Waals surface area contributed by atoms with E-state index in [4.69, 9.17) is 13.9 Å². The van der Waals surface area contributed by atoms with Crippen molar-refractivity contribution in [3.8, 4) is 11.5 Å². The number of benzene rings is 3. The van der Waals surface area contributed by atoms with Crippen LogP contribution in [0.15, 0.2) is 82.0 Å². The number of carbonyl (C=O) groups excluding carboxylic acids is 1. The van der Waals surface area contributed by atoms with E-state index in [1.165, 1.54) is 0 Å². The molecule has 33 heavy (non-hydrogen) atoms. The molecule has 5 rings (SSSR count). The van der Waals surface area contributed by atoms with Gasteiger partial charge in [-0.25, -0.2) is 0 Å². The normalized spacial score (nSPS) is 15.0. The van der Waals surface area contributed by atoms with Crippen molar-refractivity contribution in [3.05, 3.63) is 99.9 Å². The van der Waals surface area contributed by atoms with Crippen LogP contribution in [0.3, 0.4) is 0 Å². The lowest BCUT2D eigenvalue weighted by molar-refractivity contribution is 0.0971. The zero-order chi connectivity index (χ0) is 22.9. The minimum atomic E-state index is -0.661. The Labute approximate surface area is 191 Å². The highest BCUT2D eigenvalue weighted by atomic mass is 16.5. The molecule has 166 valence electrons. The SMILES string of the molecule is CCCOc1cccc(C2c3c(oc4ccccc4c3=O)C(=O)N2c2cccc(OC)c2)c1. The van der Waals surface area contributed by atoms with E-state index in [1.54, 1.807) is 42.3 Å². The van der Waals surface area contributed by atoms with Crippen molar-refractivity contribution < 1.29 is 18.7 Å². The summed E-state index contributed by atoms with van der Waals surface area (Å²) >= 11 is 0. The first-order valence-corrected chi connectivity index (χ1v) is 10.9. The third kappa shape index (κ3) is 3.53. The lowest BCUT2D eigenvalue weighted by Crippen LogP contribution is -2.29. The first-order valence-electron chi connectivity index (χ1n) is 10.9. The molecule has 1 unspecified atom stereocenters. The minimum Gasteiger partial charge on any atom is -0.497 e. The number of anilines is 1. The van der Waals surface area contributed by atoms with Crippen molar-refractivity contribution in [2.24, 2.45) is 0 Å². The molecule has 0 saturated carbocycles. The Morgan fingerprint density at radius 2 is 1.73 bits per heavy atom. The Bertz CT molecular complexity index is 1410. The number of hydrogen-bond donors (Lipinski definition) is 0. The number of amides is 1. The largest absolute Gasteiger partial charge is 0.497 e. The summed E-state index contributed by atoms with van der Waals surface area (Å²) in [5.74, 6) is 0.989. The smallest absolute Gasteiger partial charge is 0.295 e. The lowest BCUT2D eigenvalue weighted by Gasteiger charge is -2.26. The Morgan fingerprint density at radius 3 is 2.55 bits per heavy atom. The fourth-order valence-electron chi connectivity index (χ4n) is 4.26. The van der Waals surface area contributed by atoms with E-state index in [0.29, 0.717) is 40.3 Å². The zero-order valence-corrected chi connectivity index (χ0v) is 18.4. The van der Waals surface area contributed by atoms with Gasteiger partial charge in [0.15, 0.2) is 5.43 Å². The van der Waals surface area contributed by atoms with Gasteiger partial charge in [-0.1, -0.05) is 37.3 Å². The van der Waals surface area contributed by atoms with Crippen LogP contribution in [-0.2, 0) is 0 Å². The van der Waals surface area contributed by atoms with Crippen LogP contribution in [-0.4, -0.2) is 19.6 Å².